The number of nitrogens with zero attached hydrogens (tertiary/aromatic N) is 2. The van der Waals surface area contributed by atoms with Crippen LogP contribution in [-0.2, 0) is 11.3 Å². The van der Waals surface area contributed by atoms with Crippen molar-refractivity contribution >= 4 is 29.9 Å². The monoisotopic (exact) mass is 319 g/mol. The van der Waals surface area contributed by atoms with Crippen molar-refractivity contribution in [2.75, 3.05) is 27.2 Å². The highest BCUT2D eigenvalue weighted by Crippen LogP contribution is 2.13. The Labute approximate surface area is 132 Å². The number of halogens is 2. The Morgan fingerprint density at radius 2 is 2.00 bits per heavy atom. The van der Waals surface area contributed by atoms with Crippen LogP contribution in [0, 0.1) is 0 Å². The first-order valence-corrected chi connectivity index (χ1v) is 6.71. The zero-order chi connectivity index (χ0) is 14.4. The molecule has 4 nitrogen and oxygen atoms in total. The lowest BCUT2D eigenvalue weighted by atomic mass is 10.2. The fourth-order valence-electron chi connectivity index (χ4n) is 1.73. The van der Waals surface area contributed by atoms with Gasteiger partial charge >= 0.3 is 0 Å². The molecule has 1 aromatic rings. The lowest BCUT2D eigenvalue weighted by molar-refractivity contribution is -0.133. The van der Waals surface area contributed by atoms with Crippen molar-refractivity contribution in [1.29, 1.82) is 0 Å². The summed E-state index contributed by atoms with van der Waals surface area (Å²) < 4.78 is 0. The molecule has 6 heteroatoms. The average molecular weight is 320 g/mol. The maximum absolute atomic E-state index is 12.1. The molecule has 0 aromatic heterocycles. The van der Waals surface area contributed by atoms with E-state index in [9.17, 15) is 4.79 Å². The Hall–Kier alpha value is -0.810. The van der Waals surface area contributed by atoms with Crippen LogP contribution >= 0.6 is 24.0 Å². The molecular weight excluding hydrogens is 297 g/mol. The second-order valence-corrected chi connectivity index (χ2v) is 5.42. The summed E-state index contributed by atoms with van der Waals surface area (Å²) in [6.07, 6.45) is 0. The van der Waals surface area contributed by atoms with Crippen LogP contribution in [0.25, 0.3) is 0 Å². The minimum Gasteiger partial charge on any atom is -0.336 e. The number of hydrogen-bond acceptors (Lipinski definition) is 3. The number of likely N-dealkylation sites (N-methyl/N-ethyl adjacent to an activating group) is 1. The predicted molar refractivity (Wildman–Crippen MR) is 86.3 cm³/mol. The molecule has 0 unspecified atom stereocenters. The van der Waals surface area contributed by atoms with Crippen molar-refractivity contribution in [1.82, 2.24) is 9.80 Å². The van der Waals surface area contributed by atoms with Gasteiger partial charge in [-0.3, -0.25) is 4.79 Å². The molecule has 0 fully saturated rings. The number of nitrogens with two attached hydrogens (primary N) is 1. The number of rotatable bonds is 6. The number of amides is 1. The number of hydrogen-bond donors (Lipinski definition) is 1. The number of benzene rings is 1. The van der Waals surface area contributed by atoms with Gasteiger partial charge in [-0.25, -0.2) is 0 Å². The van der Waals surface area contributed by atoms with Crippen LogP contribution in [0.15, 0.2) is 24.3 Å². The summed E-state index contributed by atoms with van der Waals surface area (Å²) in [5.74, 6) is -0.0400. The summed E-state index contributed by atoms with van der Waals surface area (Å²) in [5, 5.41) is 0.679. The lowest BCUT2D eigenvalue weighted by Crippen LogP contribution is -2.44. The van der Waals surface area contributed by atoms with E-state index in [4.69, 9.17) is 17.3 Å². The Morgan fingerprint density at radius 3 is 2.50 bits per heavy atom. The van der Waals surface area contributed by atoms with Gasteiger partial charge in [-0.15, -0.1) is 12.4 Å². The third-order valence-corrected chi connectivity index (χ3v) is 3.02. The molecule has 20 heavy (non-hydrogen) atoms. The molecule has 1 atom stereocenters. The van der Waals surface area contributed by atoms with Gasteiger partial charge in [0, 0.05) is 24.7 Å². The van der Waals surface area contributed by atoms with E-state index in [0.29, 0.717) is 18.1 Å². The summed E-state index contributed by atoms with van der Waals surface area (Å²) in [4.78, 5) is 15.9. The summed E-state index contributed by atoms with van der Waals surface area (Å²) >= 11 is 5.96. The molecule has 1 amide bonds. The molecular formula is C14H23Cl2N3O. The van der Waals surface area contributed by atoms with Gasteiger partial charge in [-0.1, -0.05) is 23.7 Å². The molecule has 114 valence electrons. The first kappa shape index (κ1) is 19.2. The minimum absolute atomic E-state index is 0. The van der Waals surface area contributed by atoms with Gasteiger partial charge in [0.25, 0.3) is 0 Å². The summed E-state index contributed by atoms with van der Waals surface area (Å²) in [6, 6.07) is 7.06. The van der Waals surface area contributed by atoms with Crippen LogP contribution < -0.4 is 5.73 Å². The Balaban J connectivity index is 0.00000361. The second-order valence-electron chi connectivity index (χ2n) is 4.98. The molecule has 0 radical (unpaired) electrons. The normalized spacial score (nSPS) is 11.9. The van der Waals surface area contributed by atoms with Gasteiger partial charge in [0.15, 0.2) is 0 Å². The third kappa shape index (κ3) is 6.57. The lowest BCUT2D eigenvalue weighted by Gasteiger charge is -2.26. The van der Waals surface area contributed by atoms with Crippen LogP contribution in [0.1, 0.15) is 12.5 Å². The van der Waals surface area contributed by atoms with Gasteiger partial charge in [0.05, 0.1) is 6.04 Å². The second kappa shape index (κ2) is 9.19. The van der Waals surface area contributed by atoms with E-state index in [2.05, 4.69) is 0 Å². The summed E-state index contributed by atoms with van der Waals surface area (Å²) in [5.41, 5.74) is 6.71. The maximum Gasteiger partial charge on any atom is 0.239 e. The van der Waals surface area contributed by atoms with Crippen molar-refractivity contribution in [3.8, 4) is 0 Å². The molecule has 0 aliphatic heterocycles. The molecule has 0 saturated carbocycles. The van der Waals surface area contributed by atoms with Gasteiger partial charge in [0.2, 0.25) is 5.91 Å². The summed E-state index contributed by atoms with van der Waals surface area (Å²) in [6.45, 7) is 3.71. The minimum atomic E-state index is -0.485. The van der Waals surface area contributed by atoms with Crippen LogP contribution in [-0.4, -0.2) is 48.9 Å². The highest BCUT2D eigenvalue weighted by molar-refractivity contribution is 6.30. The van der Waals surface area contributed by atoms with Crippen molar-refractivity contribution < 1.29 is 4.79 Å². The van der Waals surface area contributed by atoms with E-state index in [1.807, 2.05) is 43.3 Å². The van der Waals surface area contributed by atoms with E-state index in [0.717, 1.165) is 12.1 Å². The van der Waals surface area contributed by atoms with Crippen LogP contribution in [0.3, 0.4) is 0 Å². The highest BCUT2D eigenvalue weighted by atomic mass is 35.5. The first-order chi connectivity index (χ1) is 8.90. The van der Waals surface area contributed by atoms with Crippen LogP contribution in [0.5, 0.6) is 0 Å². The van der Waals surface area contributed by atoms with Gasteiger partial charge < -0.3 is 15.5 Å². The summed E-state index contributed by atoms with van der Waals surface area (Å²) in [7, 11) is 3.96. The van der Waals surface area contributed by atoms with Crippen LogP contribution in [0.2, 0.25) is 5.02 Å². The molecule has 1 rings (SSSR count). The van der Waals surface area contributed by atoms with E-state index < -0.39 is 6.04 Å². The van der Waals surface area contributed by atoms with Crippen molar-refractivity contribution in [3.05, 3.63) is 34.9 Å². The molecule has 2 N–H and O–H groups in total. The fourth-order valence-corrected chi connectivity index (χ4v) is 1.94. The van der Waals surface area contributed by atoms with E-state index >= 15 is 0 Å². The van der Waals surface area contributed by atoms with Crippen molar-refractivity contribution in [2.24, 2.45) is 5.73 Å². The number of carbonyl (C=O) groups excluding carboxylic acids is 1. The van der Waals surface area contributed by atoms with Gasteiger partial charge in [-0.2, -0.15) is 0 Å². The van der Waals surface area contributed by atoms with E-state index in [-0.39, 0.29) is 18.3 Å². The standard InChI is InChI=1S/C14H22ClN3O.ClH/c1-11(16)14(19)18(8-7-17(2)3)10-12-5-4-6-13(15)9-12;/h4-6,9,11H,7-8,10,16H2,1-3H3;1H/t11-;/m1./s1. The molecule has 0 spiro atoms. The van der Waals surface area contributed by atoms with Crippen molar-refractivity contribution in [3.63, 3.8) is 0 Å². The Morgan fingerprint density at radius 1 is 1.35 bits per heavy atom. The Bertz CT molecular complexity index is 425. The quantitative estimate of drug-likeness (QED) is 0.872. The average Bonchev–Trinajstić information content (AvgIpc) is 2.33. The smallest absolute Gasteiger partial charge is 0.239 e. The largest absolute Gasteiger partial charge is 0.336 e. The first-order valence-electron chi connectivity index (χ1n) is 6.33. The maximum atomic E-state index is 12.1. The molecule has 0 aliphatic rings. The molecule has 0 bridgehead atoms. The van der Waals surface area contributed by atoms with Crippen LogP contribution in [0.4, 0.5) is 0 Å². The zero-order valence-corrected chi connectivity index (χ0v) is 13.7. The molecule has 1 aromatic carbocycles. The van der Waals surface area contributed by atoms with Gasteiger partial charge in [-0.05, 0) is 38.7 Å². The topological polar surface area (TPSA) is 49.6 Å². The van der Waals surface area contributed by atoms with Crippen molar-refractivity contribution in [2.45, 2.75) is 19.5 Å². The highest BCUT2D eigenvalue weighted by Gasteiger charge is 2.17. The molecule has 0 heterocycles. The predicted octanol–water partition coefficient (Wildman–Crippen LogP) is 2.00. The molecule has 0 saturated heterocycles. The van der Waals surface area contributed by atoms with E-state index in [1.165, 1.54) is 0 Å². The number of carbonyl (C=O) groups is 1. The zero-order valence-electron chi connectivity index (χ0n) is 12.2. The van der Waals surface area contributed by atoms with E-state index in [1.54, 1.807) is 11.8 Å². The van der Waals surface area contributed by atoms with Gasteiger partial charge in [0.1, 0.15) is 0 Å². The Kier molecular flexibility index (Phi) is 8.81. The third-order valence-electron chi connectivity index (χ3n) is 2.78. The fraction of sp³-hybridized carbons (Fsp3) is 0.500. The SMILES string of the molecule is C[C@@H](N)C(=O)N(CCN(C)C)Cc1cccc(Cl)c1.Cl. The molecule has 0 aliphatic carbocycles.